The van der Waals surface area contributed by atoms with E-state index >= 15 is 0 Å². The van der Waals surface area contributed by atoms with Gasteiger partial charge >= 0.3 is 0 Å². The number of thiophene rings is 1. The van der Waals surface area contributed by atoms with Crippen LogP contribution in [0.15, 0.2) is 72.5 Å². The lowest BCUT2D eigenvalue weighted by molar-refractivity contribution is 0.237. The largest absolute Gasteiger partial charge is 0.491 e. The normalized spacial score (nSPS) is 14.2. The number of H-pyrrole nitrogens is 2. The molecule has 0 atom stereocenters. The van der Waals surface area contributed by atoms with Gasteiger partial charge in [0.2, 0.25) is 0 Å². The molecule has 0 unspecified atom stereocenters. The molecule has 1 fully saturated rings. The topological polar surface area (TPSA) is 82.7 Å². The van der Waals surface area contributed by atoms with Crippen LogP contribution in [-0.2, 0) is 0 Å². The zero-order chi connectivity index (χ0) is 24.6. The van der Waals surface area contributed by atoms with E-state index in [2.05, 4.69) is 77.9 Å². The van der Waals surface area contributed by atoms with Gasteiger partial charge in [-0.05, 0) is 73.3 Å². The lowest BCUT2D eigenvalue weighted by Gasteiger charge is -2.15. The van der Waals surface area contributed by atoms with Crippen molar-refractivity contribution in [3.8, 4) is 38.8 Å². The third-order valence-corrected chi connectivity index (χ3v) is 7.92. The maximum absolute atomic E-state index is 6.04. The number of hydrogen-bond donors (Lipinski definition) is 2. The quantitative estimate of drug-likeness (QED) is 0.263. The molecule has 6 heterocycles. The number of aromatic nitrogens is 5. The van der Waals surface area contributed by atoms with Crippen molar-refractivity contribution < 1.29 is 4.74 Å². The predicted octanol–water partition coefficient (Wildman–Crippen LogP) is 6.37. The van der Waals surface area contributed by atoms with Gasteiger partial charge in [-0.25, -0.2) is 0 Å². The molecule has 0 saturated carbocycles. The molecule has 1 aliphatic heterocycles. The monoisotopic (exact) mass is 506 g/mol. The van der Waals surface area contributed by atoms with E-state index < -0.39 is 0 Å². The average Bonchev–Trinajstić information content (AvgIpc) is 3.74. The smallest absolute Gasteiger partial charge is 0.138 e. The fourth-order valence-corrected chi connectivity index (χ4v) is 5.88. The molecule has 8 heteroatoms. The molecule has 0 amide bonds. The summed E-state index contributed by atoms with van der Waals surface area (Å²) >= 11 is 1.70. The highest BCUT2D eigenvalue weighted by molar-refractivity contribution is 7.13. The van der Waals surface area contributed by atoms with E-state index in [0.717, 1.165) is 67.2 Å². The van der Waals surface area contributed by atoms with E-state index in [1.54, 1.807) is 17.5 Å². The van der Waals surface area contributed by atoms with E-state index in [1.165, 1.54) is 25.9 Å². The standard InChI is InChI=1S/C29H26N6OS/c1-2-10-35(9-1)11-12-36-21-14-20(17-30-18-21)19-5-6-25-22(15-19)28(34-33-25)26-16-23-24(32-26)7-8-31-29(23)27-4-3-13-37-27/h3-8,13-18,32H,1-2,9-12H2,(H,33,34). The summed E-state index contributed by atoms with van der Waals surface area (Å²) in [5.74, 6) is 0.799. The Morgan fingerprint density at radius 3 is 2.73 bits per heavy atom. The summed E-state index contributed by atoms with van der Waals surface area (Å²) in [6, 6.07) is 16.7. The average molecular weight is 507 g/mol. The fourth-order valence-electron chi connectivity index (χ4n) is 5.14. The van der Waals surface area contributed by atoms with Crippen molar-refractivity contribution >= 4 is 33.1 Å². The van der Waals surface area contributed by atoms with Crippen molar-refractivity contribution in [1.82, 2.24) is 30.0 Å². The van der Waals surface area contributed by atoms with Crippen LogP contribution < -0.4 is 4.74 Å². The van der Waals surface area contributed by atoms with Crippen molar-refractivity contribution in [3.05, 3.63) is 72.5 Å². The van der Waals surface area contributed by atoms with E-state index in [9.17, 15) is 0 Å². The molecule has 7 rings (SSSR count). The van der Waals surface area contributed by atoms with Gasteiger partial charge in [-0.2, -0.15) is 5.10 Å². The van der Waals surface area contributed by atoms with E-state index in [0.29, 0.717) is 6.61 Å². The van der Waals surface area contributed by atoms with E-state index in [-0.39, 0.29) is 0 Å². The highest BCUT2D eigenvalue weighted by Crippen LogP contribution is 2.35. The number of fused-ring (bicyclic) bond motifs is 2. The van der Waals surface area contributed by atoms with Gasteiger partial charge in [0.1, 0.15) is 18.1 Å². The first kappa shape index (κ1) is 22.2. The third-order valence-electron chi connectivity index (χ3n) is 7.04. The van der Waals surface area contributed by atoms with Gasteiger partial charge in [-0.3, -0.25) is 20.0 Å². The van der Waals surface area contributed by atoms with Gasteiger partial charge in [0.25, 0.3) is 0 Å². The van der Waals surface area contributed by atoms with Crippen molar-refractivity contribution in [1.29, 1.82) is 0 Å². The van der Waals surface area contributed by atoms with Gasteiger partial charge < -0.3 is 9.72 Å². The van der Waals surface area contributed by atoms with Crippen LogP contribution >= 0.6 is 11.3 Å². The summed E-state index contributed by atoms with van der Waals surface area (Å²) in [4.78, 5) is 16.3. The third kappa shape index (κ3) is 4.28. The Morgan fingerprint density at radius 2 is 1.84 bits per heavy atom. The number of likely N-dealkylation sites (tertiary alicyclic amines) is 1. The Balaban J connectivity index is 1.20. The molecule has 2 N–H and O–H groups in total. The molecule has 184 valence electrons. The van der Waals surface area contributed by atoms with Crippen molar-refractivity contribution in [2.75, 3.05) is 26.2 Å². The molecule has 0 aliphatic carbocycles. The Morgan fingerprint density at radius 1 is 0.919 bits per heavy atom. The molecule has 7 nitrogen and oxygen atoms in total. The molecular formula is C29H26N6OS. The molecule has 5 aromatic heterocycles. The summed E-state index contributed by atoms with van der Waals surface area (Å²) in [6.45, 7) is 4.00. The number of benzene rings is 1. The highest BCUT2D eigenvalue weighted by Gasteiger charge is 2.16. The van der Waals surface area contributed by atoms with Crippen LogP contribution in [0.3, 0.4) is 0 Å². The highest BCUT2D eigenvalue weighted by atomic mass is 32.1. The molecular weight excluding hydrogens is 480 g/mol. The van der Waals surface area contributed by atoms with Gasteiger partial charge in [-0.1, -0.05) is 12.1 Å². The number of ether oxygens (including phenoxy) is 1. The lowest BCUT2D eigenvalue weighted by Crippen LogP contribution is -2.25. The van der Waals surface area contributed by atoms with Gasteiger partial charge in [0.15, 0.2) is 0 Å². The minimum Gasteiger partial charge on any atom is -0.491 e. The molecule has 6 aromatic rings. The maximum atomic E-state index is 6.04. The Labute approximate surface area is 218 Å². The predicted molar refractivity (Wildman–Crippen MR) is 149 cm³/mol. The number of hydrogen-bond acceptors (Lipinski definition) is 6. The van der Waals surface area contributed by atoms with Crippen LogP contribution in [0, 0.1) is 0 Å². The second kappa shape index (κ2) is 9.46. The molecule has 0 bridgehead atoms. The first-order chi connectivity index (χ1) is 18.3. The minimum absolute atomic E-state index is 0.679. The van der Waals surface area contributed by atoms with E-state index in [4.69, 9.17) is 4.74 Å². The van der Waals surface area contributed by atoms with E-state index in [1.807, 2.05) is 18.5 Å². The summed E-state index contributed by atoms with van der Waals surface area (Å²) in [5.41, 5.74) is 6.96. The first-order valence-corrected chi connectivity index (χ1v) is 13.5. The first-order valence-electron chi connectivity index (χ1n) is 12.6. The minimum atomic E-state index is 0.679. The summed E-state index contributed by atoms with van der Waals surface area (Å²) < 4.78 is 6.04. The van der Waals surface area contributed by atoms with Crippen LogP contribution in [0.2, 0.25) is 0 Å². The SMILES string of the molecule is c1csc(-c2nccc3[nH]c(-c4n[nH]c5ccc(-c6cncc(OCCN7CCCC7)c6)cc45)cc23)c1. The molecule has 0 radical (unpaired) electrons. The van der Waals surface area contributed by atoms with Gasteiger partial charge in [-0.15, -0.1) is 11.3 Å². The van der Waals surface area contributed by atoms with Crippen molar-refractivity contribution in [3.63, 3.8) is 0 Å². The lowest BCUT2D eigenvalue weighted by atomic mass is 10.0. The molecule has 37 heavy (non-hydrogen) atoms. The Bertz CT molecular complexity index is 1680. The second-order valence-electron chi connectivity index (χ2n) is 9.42. The molecule has 1 aromatic carbocycles. The van der Waals surface area contributed by atoms with Crippen molar-refractivity contribution in [2.24, 2.45) is 0 Å². The summed E-state index contributed by atoms with van der Waals surface area (Å²) in [6.07, 6.45) is 8.11. The van der Waals surface area contributed by atoms with Crippen LogP contribution in [0.5, 0.6) is 5.75 Å². The number of pyridine rings is 2. The Hall–Kier alpha value is -4.01. The molecule has 1 aliphatic rings. The number of nitrogens with one attached hydrogen (secondary N) is 2. The molecule has 0 spiro atoms. The summed E-state index contributed by atoms with van der Waals surface area (Å²) in [7, 11) is 0. The zero-order valence-electron chi connectivity index (χ0n) is 20.3. The van der Waals surface area contributed by atoms with Gasteiger partial charge in [0, 0.05) is 40.8 Å². The van der Waals surface area contributed by atoms with Crippen LogP contribution in [0.1, 0.15) is 12.8 Å². The van der Waals surface area contributed by atoms with Gasteiger partial charge in [0.05, 0.1) is 28.0 Å². The second-order valence-corrected chi connectivity index (χ2v) is 10.4. The van der Waals surface area contributed by atoms with Crippen molar-refractivity contribution in [2.45, 2.75) is 12.8 Å². The fraction of sp³-hybridized carbons (Fsp3) is 0.207. The molecule has 1 saturated heterocycles. The number of rotatable bonds is 7. The van der Waals surface area contributed by atoms with Crippen LogP contribution in [-0.4, -0.2) is 56.3 Å². The van der Waals surface area contributed by atoms with Crippen LogP contribution in [0.4, 0.5) is 0 Å². The zero-order valence-corrected chi connectivity index (χ0v) is 21.1. The summed E-state index contributed by atoms with van der Waals surface area (Å²) in [5, 5.41) is 12.1. The number of nitrogens with zero attached hydrogens (tertiary/aromatic N) is 4. The van der Waals surface area contributed by atoms with Crippen LogP contribution in [0.25, 0.3) is 54.9 Å². The Kier molecular flexibility index (Phi) is 5.68. The maximum Gasteiger partial charge on any atom is 0.138 e. The number of aromatic amines is 2.